The number of carbonyl (C=O) groups is 1. The van der Waals surface area contributed by atoms with Gasteiger partial charge in [-0.15, -0.1) is 0 Å². The molecular formula is C29H31FN10O3. The SMILES string of the molecule is Cc1c(Oc2ccn3ncnc3c2)ccc(Nc2ncnc3cnc(N4CCN(C(=O)OC(C)(C)C)[C@H](C)C4)nc23)c1F. The zero-order valence-corrected chi connectivity index (χ0v) is 24.4. The molecule has 0 aliphatic carbocycles. The summed E-state index contributed by atoms with van der Waals surface area (Å²) in [5.74, 6) is 1.18. The molecule has 0 bridgehead atoms. The van der Waals surface area contributed by atoms with E-state index in [1.165, 1.54) is 12.7 Å². The molecule has 14 heteroatoms. The van der Waals surface area contributed by atoms with E-state index in [0.717, 1.165) is 0 Å². The van der Waals surface area contributed by atoms with E-state index in [2.05, 4.69) is 30.4 Å². The Morgan fingerprint density at radius 1 is 1.09 bits per heavy atom. The number of carbonyl (C=O) groups excluding carboxylic acids is 1. The number of fused-ring (bicyclic) bond motifs is 2. The Bertz CT molecular complexity index is 1820. The molecule has 6 rings (SSSR count). The molecule has 0 unspecified atom stereocenters. The van der Waals surface area contributed by atoms with Crippen LogP contribution in [-0.4, -0.2) is 76.8 Å². The van der Waals surface area contributed by atoms with Crippen molar-refractivity contribution in [2.45, 2.75) is 46.3 Å². The summed E-state index contributed by atoms with van der Waals surface area (Å²) in [6, 6.07) is 6.60. The number of benzene rings is 1. The van der Waals surface area contributed by atoms with Crippen molar-refractivity contribution in [1.82, 2.24) is 39.4 Å². The largest absolute Gasteiger partial charge is 0.457 e. The molecule has 4 aromatic heterocycles. The molecule has 1 saturated heterocycles. The van der Waals surface area contributed by atoms with E-state index in [9.17, 15) is 4.79 Å². The topological polar surface area (TPSA) is 136 Å². The fraction of sp³-hybridized carbons (Fsp3) is 0.345. The number of amides is 1. The second kappa shape index (κ2) is 10.9. The zero-order chi connectivity index (χ0) is 30.3. The molecule has 5 heterocycles. The van der Waals surface area contributed by atoms with Gasteiger partial charge < -0.3 is 24.6 Å². The average Bonchev–Trinajstić information content (AvgIpc) is 3.44. The highest BCUT2D eigenvalue weighted by atomic mass is 19.1. The highest BCUT2D eigenvalue weighted by Crippen LogP contribution is 2.33. The summed E-state index contributed by atoms with van der Waals surface area (Å²) < 4.78 is 28.7. The molecule has 1 atom stereocenters. The van der Waals surface area contributed by atoms with Gasteiger partial charge in [0.2, 0.25) is 5.95 Å². The summed E-state index contributed by atoms with van der Waals surface area (Å²) in [6.07, 6.45) is 5.81. The minimum Gasteiger partial charge on any atom is -0.457 e. The van der Waals surface area contributed by atoms with Crippen molar-refractivity contribution in [3.8, 4) is 11.5 Å². The van der Waals surface area contributed by atoms with Crippen LogP contribution in [-0.2, 0) is 4.74 Å². The Kier molecular flexibility index (Phi) is 7.12. The van der Waals surface area contributed by atoms with E-state index in [1.54, 1.807) is 53.0 Å². The maximum absolute atomic E-state index is 15.6. The van der Waals surface area contributed by atoms with Crippen LogP contribution in [0.4, 0.5) is 26.6 Å². The highest BCUT2D eigenvalue weighted by molar-refractivity contribution is 5.87. The van der Waals surface area contributed by atoms with Crippen molar-refractivity contribution in [2.24, 2.45) is 0 Å². The van der Waals surface area contributed by atoms with Gasteiger partial charge in [-0.25, -0.2) is 38.6 Å². The quantitative estimate of drug-likeness (QED) is 0.301. The fourth-order valence-electron chi connectivity index (χ4n) is 4.81. The van der Waals surface area contributed by atoms with E-state index >= 15 is 4.39 Å². The van der Waals surface area contributed by atoms with Gasteiger partial charge in [-0.2, -0.15) is 5.10 Å². The van der Waals surface area contributed by atoms with Crippen LogP contribution < -0.4 is 15.0 Å². The van der Waals surface area contributed by atoms with E-state index in [4.69, 9.17) is 14.5 Å². The molecule has 222 valence electrons. The van der Waals surface area contributed by atoms with Gasteiger partial charge in [0.15, 0.2) is 17.3 Å². The molecule has 1 aliphatic rings. The van der Waals surface area contributed by atoms with Crippen molar-refractivity contribution < 1.29 is 18.7 Å². The maximum Gasteiger partial charge on any atom is 0.410 e. The van der Waals surface area contributed by atoms with Crippen molar-refractivity contribution in [1.29, 1.82) is 0 Å². The van der Waals surface area contributed by atoms with Crippen LogP contribution in [0.3, 0.4) is 0 Å². The molecule has 0 radical (unpaired) electrons. The summed E-state index contributed by atoms with van der Waals surface area (Å²) in [4.78, 5) is 38.4. The number of pyridine rings is 1. The van der Waals surface area contributed by atoms with Gasteiger partial charge in [0.1, 0.15) is 40.8 Å². The Labute approximate surface area is 246 Å². The number of hydrogen-bond acceptors (Lipinski definition) is 11. The summed E-state index contributed by atoms with van der Waals surface area (Å²) in [6.45, 7) is 10.6. The molecule has 5 aromatic rings. The Morgan fingerprint density at radius 2 is 1.93 bits per heavy atom. The number of nitrogens with one attached hydrogen (secondary N) is 1. The number of ether oxygens (including phenoxy) is 2. The number of rotatable bonds is 5. The predicted molar refractivity (Wildman–Crippen MR) is 157 cm³/mol. The monoisotopic (exact) mass is 586 g/mol. The Balaban J connectivity index is 1.21. The third kappa shape index (κ3) is 5.80. The highest BCUT2D eigenvalue weighted by Gasteiger charge is 2.32. The molecule has 0 saturated carbocycles. The van der Waals surface area contributed by atoms with Gasteiger partial charge in [-0.3, -0.25) is 0 Å². The van der Waals surface area contributed by atoms with Crippen molar-refractivity contribution >= 4 is 40.2 Å². The first-order chi connectivity index (χ1) is 20.6. The Hall–Kier alpha value is -5.14. The molecule has 1 amide bonds. The Morgan fingerprint density at radius 3 is 2.72 bits per heavy atom. The minimum atomic E-state index is -0.572. The average molecular weight is 587 g/mol. The smallest absolute Gasteiger partial charge is 0.410 e. The molecule has 1 aromatic carbocycles. The second-order valence-electron chi connectivity index (χ2n) is 11.3. The number of hydrogen-bond donors (Lipinski definition) is 1. The number of halogens is 1. The van der Waals surface area contributed by atoms with Gasteiger partial charge >= 0.3 is 6.09 Å². The van der Waals surface area contributed by atoms with Gasteiger partial charge in [-0.1, -0.05) is 0 Å². The minimum absolute atomic E-state index is 0.122. The van der Waals surface area contributed by atoms with Crippen LogP contribution in [0.15, 0.2) is 49.3 Å². The zero-order valence-electron chi connectivity index (χ0n) is 24.4. The van der Waals surface area contributed by atoms with Gasteiger partial charge in [-0.05, 0) is 52.8 Å². The third-order valence-electron chi connectivity index (χ3n) is 6.97. The molecule has 1 N–H and O–H groups in total. The van der Waals surface area contributed by atoms with Gasteiger partial charge in [0, 0.05) is 43.5 Å². The van der Waals surface area contributed by atoms with Crippen molar-refractivity contribution in [3.05, 3.63) is 60.7 Å². The summed E-state index contributed by atoms with van der Waals surface area (Å²) in [7, 11) is 0. The molecule has 0 spiro atoms. The lowest BCUT2D eigenvalue weighted by atomic mass is 10.1. The van der Waals surface area contributed by atoms with E-state index < -0.39 is 11.4 Å². The molecule has 43 heavy (non-hydrogen) atoms. The first kappa shape index (κ1) is 28.0. The maximum atomic E-state index is 15.6. The summed E-state index contributed by atoms with van der Waals surface area (Å²) in [5, 5.41) is 7.14. The third-order valence-corrected chi connectivity index (χ3v) is 6.97. The van der Waals surface area contributed by atoms with Crippen LogP contribution in [0, 0.1) is 12.7 Å². The summed E-state index contributed by atoms with van der Waals surface area (Å²) in [5.41, 5.74) is 1.51. The van der Waals surface area contributed by atoms with Gasteiger partial charge in [0.05, 0.1) is 11.9 Å². The van der Waals surface area contributed by atoms with Crippen molar-refractivity contribution in [3.63, 3.8) is 0 Å². The van der Waals surface area contributed by atoms with Gasteiger partial charge in [0.25, 0.3) is 0 Å². The van der Waals surface area contributed by atoms with Crippen LogP contribution in [0.25, 0.3) is 16.7 Å². The molecule has 1 fully saturated rings. The molecule has 13 nitrogen and oxygen atoms in total. The summed E-state index contributed by atoms with van der Waals surface area (Å²) >= 11 is 0. The first-order valence-electron chi connectivity index (χ1n) is 13.8. The first-order valence-corrected chi connectivity index (χ1v) is 13.8. The van der Waals surface area contributed by atoms with Crippen LogP contribution in [0.5, 0.6) is 11.5 Å². The fourth-order valence-corrected chi connectivity index (χ4v) is 4.81. The normalized spacial score (nSPS) is 15.6. The predicted octanol–water partition coefficient (Wildman–Crippen LogP) is 4.89. The van der Waals surface area contributed by atoms with E-state index in [1.807, 2.05) is 32.6 Å². The van der Waals surface area contributed by atoms with Crippen LogP contribution in [0.1, 0.15) is 33.3 Å². The lowest BCUT2D eigenvalue weighted by Gasteiger charge is -2.40. The van der Waals surface area contributed by atoms with E-state index in [-0.39, 0.29) is 17.8 Å². The van der Waals surface area contributed by atoms with Crippen LogP contribution >= 0.6 is 0 Å². The lowest BCUT2D eigenvalue weighted by Crippen LogP contribution is -2.55. The standard InChI is InChI=1S/C29H31FN10O3/c1-17-14-38(10-11-39(17)28(41)43-29(3,4)5)27-31-13-21-25(37-27)26(34-15-32-21)36-20-6-7-22(18(2)24(20)30)42-19-8-9-40-23(12-19)33-16-35-40/h6-9,12-13,15-17H,10-11,14H2,1-5H3,(H,32,34,36)/t17-/m1/s1. The second-order valence-corrected chi connectivity index (χ2v) is 11.3. The van der Waals surface area contributed by atoms with Crippen LogP contribution in [0.2, 0.25) is 0 Å². The van der Waals surface area contributed by atoms with Crippen molar-refractivity contribution in [2.75, 3.05) is 29.9 Å². The number of piperazine rings is 1. The molecular weight excluding hydrogens is 555 g/mol. The molecule has 1 aliphatic heterocycles. The number of aromatic nitrogens is 7. The lowest BCUT2D eigenvalue weighted by molar-refractivity contribution is 0.0158. The number of anilines is 3. The van der Waals surface area contributed by atoms with E-state index in [0.29, 0.717) is 65.1 Å². The number of nitrogens with zero attached hydrogens (tertiary/aromatic N) is 9.